The van der Waals surface area contributed by atoms with E-state index in [-0.39, 0.29) is 42.2 Å². The van der Waals surface area contributed by atoms with Gasteiger partial charge in [0, 0.05) is 20.2 Å². The Bertz CT molecular complexity index is 655. The molecule has 2 bridgehead atoms. The number of nitrogens with zero attached hydrogens (tertiary/aromatic N) is 1. The number of likely N-dealkylation sites (N-methyl/N-ethyl adjacent to an activating group) is 1. The van der Waals surface area contributed by atoms with Crippen molar-refractivity contribution in [3.05, 3.63) is 0 Å². The lowest BCUT2D eigenvalue weighted by Crippen LogP contribution is -2.59. The summed E-state index contributed by atoms with van der Waals surface area (Å²) in [6.07, 6.45) is 2.51. The topological polar surface area (TPSA) is 114 Å². The second kappa shape index (κ2) is 10.8. The van der Waals surface area contributed by atoms with Crippen LogP contribution in [0.15, 0.2) is 0 Å². The van der Waals surface area contributed by atoms with Crippen LogP contribution in [0.5, 0.6) is 0 Å². The van der Waals surface area contributed by atoms with E-state index < -0.39 is 18.1 Å². The maximum absolute atomic E-state index is 13.5. The van der Waals surface area contributed by atoms with Crippen LogP contribution in [0, 0.1) is 23.7 Å². The molecular weight excluding hydrogens is 396 g/mol. The zero-order valence-corrected chi connectivity index (χ0v) is 20.2. The summed E-state index contributed by atoms with van der Waals surface area (Å²) in [6, 6.07) is -0.817. The van der Waals surface area contributed by atoms with E-state index >= 15 is 0 Å². The van der Waals surface area contributed by atoms with E-state index in [1.165, 1.54) is 7.11 Å². The maximum atomic E-state index is 13.5. The highest BCUT2D eigenvalue weighted by atomic mass is 16.5. The summed E-state index contributed by atoms with van der Waals surface area (Å²) < 4.78 is 5.57. The number of methoxy groups -OCH3 is 1. The van der Waals surface area contributed by atoms with Crippen LogP contribution in [-0.4, -0.2) is 67.1 Å². The molecule has 0 unspecified atom stereocenters. The third kappa shape index (κ3) is 5.58. The Kier molecular flexibility index (Phi) is 8.89. The van der Waals surface area contributed by atoms with Gasteiger partial charge in [-0.25, -0.2) is 0 Å². The summed E-state index contributed by atoms with van der Waals surface area (Å²) in [6.45, 7) is 10.1. The lowest BCUT2D eigenvalue weighted by atomic mass is 9.89. The number of carbonyl (C=O) groups excluding carboxylic acids is 3. The standard InChI is InChI=1S/C23H42N4O4/c1-8-13(4)21(17(31-7)11-18(24)28)27(6)23(30)19(12(2)3)26-22(29)20-15-9-10-16(25-20)14(15)5/h12-17,19-21,25H,8-11H2,1-7H3,(H2,24,28)(H,26,29)/t13-,14-,15-,16-,17+,19-,20-,21-/m0/s1. The number of primary amides is 1. The van der Waals surface area contributed by atoms with Gasteiger partial charge in [-0.05, 0) is 36.5 Å². The summed E-state index contributed by atoms with van der Waals surface area (Å²) in [5.41, 5.74) is 5.42. The molecule has 1 heterocycles. The summed E-state index contributed by atoms with van der Waals surface area (Å²) in [7, 11) is 3.26. The van der Waals surface area contributed by atoms with E-state index in [1.807, 2.05) is 27.7 Å². The minimum atomic E-state index is -0.647. The van der Waals surface area contributed by atoms with Crippen LogP contribution < -0.4 is 16.4 Å². The predicted molar refractivity (Wildman–Crippen MR) is 120 cm³/mol. The number of fused-ring (bicyclic) bond motifs is 2. The molecule has 178 valence electrons. The quantitative estimate of drug-likeness (QED) is 0.450. The number of nitrogens with two attached hydrogens (primary N) is 1. The van der Waals surface area contributed by atoms with Gasteiger partial charge in [-0.2, -0.15) is 0 Å². The molecule has 2 fully saturated rings. The third-order valence-electron chi connectivity index (χ3n) is 7.56. The number of carbonyl (C=O) groups is 3. The maximum Gasteiger partial charge on any atom is 0.245 e. The molecule has 8 atom stereocenters. The zero-order valence-electron chi connectivity index (χ0n) is 20.2. The summed E-state index contributed by atoms with van der Waals surface area (Å²) in [4.78, 5) is 39.9. The number of amides is 3. The average molecular weight is 439 g/mol. The van der Waals surface area contributed by atoms with Gasteiger partial charge >= 0.3 is 0 Å². The first-order valence-corrected chi connectivity index (χ1v) is 11.7. The van der Waals surface area contributed by atoms with Crippen LogP contribution in [0.3, 0.4) is 0 Å². The molecule has 0 aromatic heterocycles. The van der Waals surface area contributed by atoms with Gasteiger partial charge in [-0.1, -0.05) is 41.0 Å². The number of ether oxygens (including phenoxy) is 1. The van der Waals surface area contributed by atoms with Crippen molar-refractivity contribution in [2.75, 3.05) is 14.2 Å². The monoisotopic (exact) mass is 438 g/mol. The molecule has 1 aliphatic carbocycles. The molecule has 2 rings (SSSR count). The zero-order chi connectivity index (χ0) is 23.5. The molecule has 3 amide bonds. The highest BCUT2D eigenvalue weighted by molar-refractivity contribution is 5.90. The fraction of sp³-hybridized carbons (Fsp3) is 0.870. The van der Waals surface area contributed by atoms with Crippen molar-refractivity contribution in [3.63, 3.8) is 0 Å². The number of nitrogens with one attached hydrogen (secondary N) is 2. The van der Waals surface area contributed by atoms with Gasteiger partial charge in [-0.3, -0.25) is 14.4 Å². The largest absolute Gasteiger partial charge is 0.379 e. The molecule has 1 saturated carbocycles. The van der Waals surface area contributed by atoms with Gasteiger partial charge in [0.25, 0.3) is 0 Å². The number of rotatable bonds is 11. The van der Waals surface area contributed by atoms with Crippen LogP contribution in [-0.2, 0) is 19.1 Å². The Morgan fingerprint density at radius 2 is 1.87 bits per heavy atom. The normalized spacial score (nSPS) is 28.8. The van der Waals surface area contributed by atoms with E-state index in [9.17, 15) is 14.4 Å². The van der Waals surface area contributed by atoms with Crippen molar-refractivity contribution in [1.29, 1.82) is 0 Å². The smallest absolute Gasteiger partial charge is 0.245 e. The summed E-state index contributed by atoms with van der Waals surface area (Å²) in [5, 5.41) is 6.47. The molecule has 0 aromatic rings. The van der Waals surface area contributed by atoms with Gasteiger partial charge in [-0.15, -0.1) is 0 Å². The SMILES string of the molecule is CC[C@H](C)[C@@H]([C@@H](CC(N)=O)OC)N(C)C(=O)[C@@H](NC(=O)[C@H]1N[C@H]2CC[C@H]1[C@@H]2C)C(C)C. The van der Waals surface area contributed by atoms with Crippen molar-refractivity contribution >= 4 is 17.7 Å². The Labute approximate surface area is 187 Å². The van der Waals surface area contributed by atoms with E-state index in [0.717, 1.165) is 19.3 Å². The van der Waals surface area contributed by atoms with Crippen molar-refractivity contribution in [1.82, 2.24) is 15.5 Å². The molecule has 8 nitrogen and oxygen atoms in total. The second-order valence-electron chi connectivity index (χ2n) is 9.85. The molecule has 0 spiro atoms. The fourth-order valence-electron chi connectivity index (χ4n) is 5.43. The van der Waals surface area contributed by atoms with E-state index in [1.54, 1.807) is 11.9 Å². The van der Waals surface area contributed by atoms with Gasteiger partial charge in [0.15, 0.2) is 0 Å². The van der Waals surface area contributed by atoms with Gasteiger partial charge in [0.2, 0.25) is 17.7 Å². The first-order chi connectivity index (χ1) is 14.5. The highest BCUT2D eigenvalue weighted by Crippen LogP contribution is 2.40. The van der Waals surface area contributed by atoms with Gasteiger partial charge in [0.1, 0.15) is 6.04 Å². The van der Waals surface area contributed by atoms with E-state index in [4.69, 9.17) is 10.5 Å². The second-order valence-corrected chi connectivity index (χ2v) is 9.85. The van der Waals surface area contributed by atoms with Crippen molar-refractivity contribution < 1.29 is 19.1 Å². The van der Waals surface area contributed by atoms with E-state index in [2.05, 4.69) is 17.6 Å². The first-order valence-electron chi connectivity index (χ1n) is 11.7. The lowest BCUT2D eigenvalue weighted by Gasteiger charge is -2.40. The van der Waals surface area contributed by atoms with Gasteiger partial charge in [0.05, 0.1) is 24.6 Å². The first kappa shape index (κ1) is 25.6. The van der Waals surface area contributed by atoms with Gasteiger partial charge < -0.3 is 26.0 Å². The van der Waals surface area contributed by atoms with Crippen LogP contribution in [0.2, 0.25) is 0 Å². The predicted octanol–water partition coefficient (Wildman–Crippen LogP) is 1.28. The molecule has 0 radical (unpaired) electrons. The minimum absolute atomic E-state index is 0.0365. The molecular formula is C23H42N4O4. The van der Waals surface area contributed by atoms with Crippen LogP contribution >= 0.6 is 0 Å². The van der Waals surface area contributed by atoms with Crippen molar-refractivity contribution in [3.8, 4) is 0 Å². The number of piperidine rings is 1. The Morgan fingerprint density at radius 3 is 2.29 bits per heavy atom. The van der Waals surface area contributed by atoms with Crippen LogP contribution in [0.4, 0.5) is 0 Å². The molecule has 2 aliphatic rings. The molecule has 4 N–H and O–H groups in total. The molecule has 8 heteroatoms. The summed E-state index contributed by atoms with van der Waals surface area (Å²) in [5.74, 6) is 0.0895. The van der Waals surface area contributed by atoms with Crippen LogP contribution in [0.1, 0.15) is 60.3 Å². The molecule has 1 aliphatic heterocycles. The minimum Gasteiger partial charge on any atom is -0.379 e. The fourth-order valence-corrected chi connectivity index (χ4v) is 5.43. The Hall–Kier alpha value is -1.67. The third-order valence-corrected chi connectivity index (χ3v) is 7.56. The Balaban J connectivity index is 2.17. The van der Waals surface area contributed by atoms with Crippen LogP contribution in [0.25, 0.3) is 0 Å². The number of hydrogen-bond acceptors (Lipinski definition) is 5. The average Bonchev–Trinajstić information content (AvgIpc) is 3.24. The summed E-state index contributed by atoms with van der Waals surface area (Å²) >= 11 is 0. The molecule has 0 aromatic carbocycles. The lowest BCUT2D eigenvalue weighted by molar-refractivity contribution is -0.144. The highest BCUT2D eigenvalue weighted by Gasteiger charge is 2.49. The molecule has 31 heavy (non-hydrogen) atoms. The molecule has 1 saturated heterocycles. The van der Waals surface area contributed by atoms with Crippen molar-refractivity contribution in [2.24, 2.45) is 29.4 Å². The van der Waals surface area contributed by atoms with E-state index in [0.29, 0.717) is 17.9 Å². The van der Waals surface area contributed by atoms with Crippen molar-refractivity contribution in [2.45, 2.75) is 90.6 Å². The number of hydrogen-bond donors (Lipinski definition) is 3. The Morgan fingerprint density at radius 1 is 1.23 bits per heavy atom.